The molecule has 3 rings (SSSR count). The third kappa shape index (κ3) is 3.37. The average molecular weight is 317 g/mol. The third-order valence-corrected chi connectivity index (χ3v) is 5.55. The van der Waals surface area contributed by atoms with E-state index >= 15 is 0 Å². The van der Waals surface area contributed by atoms with Gasteiger partial charge in [0.15, 0.2) is 0 Å². The number of amides is 1. The molecule has 2 N–H and O–H groups in total. The van der Waals surface area contributed by atoms with E-state index in [0.29, 0.717) is 0 Å². The summed E-state index contributed by atoms with van der Waals surface area (Å²) in [6, 6.07) is 8.16. The Morgan fingerprint density at radius 1 is 1.22 bits per heavy atom. The van der Waals surface area contributed by atoms with E-state index in [9.17, 15) is 9.90 Å². The zero-order chi connectivity index (χ0) is 16.3. The van der Waals surface area contributed by atoms with E-state index < -0.39 is 5.41 Å². The molecule has 1 aromatic carbocycles. The Labute approximate surface area is 138 Å². The zero-order valence-corrected chi connectivity index (χ0v) is 13.9. The highest BCUT2D eigenvalue weighted by atomic mass is 16.5. The first-order chi connectivity index (χ1) is 11.1. The summed E-state index contributed by atoms with van der Waals surface area (Å²) in [5.74, 6) is 0.965. The molecule has 0 heterocycles. The standard InChI is InChI=1S/C19H27NO3/c1-23-17-6-4-5-14(13-17)19(11-2-3-12-19)18(22)20-15-7-9-16(21)10-8-15/h4-6,13,15-16,21H,2-3,7-12H2,1H3,(H,20,22). The fourth-order valence-corrected chi connectivity index (χ4v) is 4.09. The highest BCUT2D eigenvalue weighted by molar-refractivity contribution is 5.89. The molecule has 0 bridgehead atoms. The van der Waals surface area contributed by atoms with E-state index in [-0.39, 0.29) is 18.1 Å². The molecule has 0 aromatic heterocycles. The Balaban J connectivity index is 1.78. The van der Waals surface area contributed by atoms with E-state index in [4.69, 9.17) is 4.74 Å². The fraction of sp³-hybridized carbons (Fsp3) is 0.632. The largest absolute Gasteiger partial charge is 0.497 e. The summed E-state index contributed by atoms with van der Waals surface area (Å²) < 4.78 is 5.34. The minimum Gasteiger partial charge on any atom is -0.497 e. The summed E-state index contributed by atoms with van der Waals surface area (Å²) >= 11 is 0. The highest BCUT2D eigenvalue weighted by Crippen LogP contribution is 2.42. The van der Waals surface area contributed by atoms with Crippen LogP contribution in [0.15, 0.2) is 24.3 Å². The monoisotopic (exact) mass is 317 g/mol. The van der Waals surface area contributed by atoms with Gasteiger partial charge in [-0.3, -0.25) is 4.79 Å². The molecule has 2 aliphatic rings. The van der Waals surface area contributed by atoms with Crippen LogP contribution in [0.3, 0.4) is 0 Å². The van der Waals surface area contributed by atoms with Gasteiger partial charge in [0, 0.05) is 6.04 Å². The second kappa shape index (κ2) is 6.91. The van der Waals surface area contributed by atoms with Crippen molar-refractivity contribution in [3.8, 4) is 5.75 Å². The number of carbonyl (C=O) groups is 1. The van der Waals surface area contributed by atoms with Crippen LogP contribution < -0.4 is 10.1 Å². The van der Waals surface area contributed by atoms with Gasteiger partial charge in [-0.1, -0.05) is 25.0 Å². The maximum absolute atomic E-state index is 13.1. The average Bonchev–Trinajstić information content (AvgIpc) is 3.08. The number of hydrogen-bond donors (Lipinski definition) is 2. The number of benzene rings is 1. The molecule has 0 radical (unpaired) electrons. The van der Waals surface area contributed by atoms with Gasteiger partial charge in [-0.15, -0.1) is 0 Å². The van der Waals surface area contributed by atoms with E-state index in [1.807, 2.05) is 18.2 Å². The van der Waals surface area contributed by atoms with Crippen LogP contribution in [0.25, 0.3) is 0 Å². The molecule has 1 aromatic rings. The van der Waals surface area contributed by atoms with Crippen molar-refractivity contribution in [1.29, 1.82) is 0 Å². The van der Waals surface area contributed by atoms with Crippen molar-refractivity contribution < 1.29 is 14.6 Å². The molecular weight excluding hydrogens is 290 g/mol. The lowest BCUT2D eigenvalue weighted by atomic mass is 9.77. The smallest absolute Gasteiger partial charge is 0.230 e. The normalized spacial score (nSPS) is 26.7. The molecule has 4 heteroatoms. The Bertz CT molecular complexity index is 543. The number of rotatable bonds is 4. The first kappa shape index (κ1) is 16.3. The summed E-state index contributed by atoms with van der Waals surface area (Å²) in [5.41, 5.74) is 0.660. The van der Waals surface area contributed by atoms with Gasteiger partial charge in [-0.05, 0) is 56.2 Å². The molecule has 0 spiro atoms. The summed E-state index contributed by atoms with van der Waals surface area (Å²) in [6.45, 7) is 0. The van der Waals surface area contributed by atoms with Crippen LogP contribution in [0.5, 0.6) is 5.75 Å². The van der Waals surface area contributed by atoms with Crippen molar-refractivity contribution in [1.82, 2.24) is 5.32 Å². The van der Waals surface area contributed by atoms with Gasteiger partial charge < -0.3 is 15.2 Å². The van der Waals surface area contributed by atoms with Crippen LogP contribution in [0.4, 0.5) is 0 Å². The summed E-state index contributed by atoms with van der Waals surface area (Å²) in [6.07, 6.45) is 7.13. The maximum atomic E-state index is 13.1. The van der Waals surface area contributed by atoms with Gasteiger partial charge in [-0.25, -0.2) is 0 Å². The molecular formula is C19H27NO3. The van der Waals surface area contributed by atoms with Gasteiger partial charge in [0.2, 0.25) is 5.91 Å². The van der Waals surface area contributed by atoms with Crippen molar-refractivity contribution >= 4 is 5.91 Å². The second-order valence-electron chi connectivity index (χ2n) is 7.00. The number of aliphatic hydroxyl groups is 1. The minimum atomic E-state index is -0.412. The van der Waals surface area contributed by atoms with Gasteiger partial charge >= 0.3 is 0 Å². The lowest BCUT2D eigenvalue weighted by Crippen LogP contribution is -2.48. The molecule has 0 saturated heterocycles. The maximum Gasteiger partial charge on any atom is 0.230 e. The van der Waals surface area contributed by atoms with Gasteiger partial charge in [0.05, 0.1) is 18.6 Å². The number of ether oxygens (including phenoxy) is 1. The number of hydrogen-bond acceptors (Lipinski definition) is 3. The Morgan fingerprint density at radius 2 is 1.91 bits per heavy atom. The van der Waals surface area contributed by atoms with E-state index in [1.165, 1.54) is 0 Å². The van der Waals surface area contributed by atoms with Crippen LogP contribution in [-0.4, -0.2) is 30.3 Å². The highest BCUT2D eigenvalue weighted by Gasteiger charge is 2.43. The topological polar surface area (TPSA) is 58.6 Å². The van der Waals surface area contributed by atoms with Crippen LogP contribution in [0, 0.1) is 0 Å². The molecule has 2 aliphatic carbocycles. The lowest BCUT2D eigenvalue weighted by Gasteiger charge is -2.33. The second-order valence-corrected chi connectivity index (χ2v) is 7.00. The zero-order valence-electron chi connectivity index (χ0n) is 13.9. The molecule has 0 atom stereocenters. The molecule has 2 fully saturated rings. The van der Waals surface area contributed by atoms with E-state index in [0.717, 1.165) is 62.7 Å². The molecule has 0 aliphatic heterocycles. The summed E-state index contributed by atoms with van der Waals surface area (Å²) in [5, 5.41) is 12.9. The van der Waals surface area contributed by atoms with E-state index in [1.54, 1.807) is 7.11 Å². The predicted octanol–water partition coefficient (Wildman–Crippen LogP) is 2.93. The van der Waals surface area contributed by atoms with Crippen molar-refractivity contribution in [2.45, 2.75) is 68.9 Å². The van der Waals surface area contributed by atoms with Gasteiger partial charge in [0.25, 0.3) is 0 Å². The molecule has 1 amide bonds. The molecule has 0 unspecified atom stereocenters. The minimum absolute atomic E-state index is 0.157. The fourth-order valence-electron chi connectivity index (χ4n) is 4.09. The predicted molar refractivity (Wildman–Crippen MR) is 89.5 cm³/mol. The van der Waals surface area contributed by atoms with Crippen LogP contribution in [0.2, 0.25) is 0 Å². The summed E-state index contributed by atoms with van der Waals surface area (Å²) in [4.78, 5) is 13.1. The van der Waals surface area contributed by atoms with Crippen LogP contribution >= 0.6 is 0 Å². The SMILES string of the molecule is COc1cccc(C2(C(=O)NC3CCC(O)CC3)CCCC2)c1. The number of carbonyl (C=O) groups excluding carboxylic acids is 1. The van der Waals surface area contributed by atoms with Crippen molar-refractivity contribution in [2.75, 3.05) is 7.11 Å². The number of aliphatic hydroxyl groups excluding tert-OH is 1. The van der Waals surface area contributed by atoms with Crippen LogP contribution in [0.1, 0.15) is 56.9 Å². The first-order valence-electron chi connectivity index (χ1n) is 8.77. The van der Waals surface area contributed by atoms with Crippen molar-refractivity contribution in [3.63, 3.8) is 0 Å². The van der Waals surface area contributed by atoms with Crippen LogP contribution in [-0.2, 0) is 10.2 Å². The van der Waals surface area contributed by atoms with Crippen molar-refractivity contribution in [3.05, 3.63) is 29.8 Å². The number of nitrogens with one attached hydrogen (secondary N) is 1. The first-order valence-corrected chi connectivity index (χ1v) is 8.77. The quantitative estimate of drug-likeness (QED) is 0.897. The molecule has 126 valence electrons. The van der Waals surface area contributed by atoms with Crippen molar-refractivity contribution in [2.24, 2.45) is 0 Å². The van der Waals surface area contributed by atoms with E-state index in [2.05, 4.69) is 11.4 Å². The Kier molecular flexibility index (Phi) is 4.90. The third-order valence-electron chi connectivity index (χ3n) is 5.55. The molecule has 2 saturated carbocycles. The molecule has 23 heavy (non-hydrogen) atoms. The Hall–Kier alpha value is -1.55. The summed E-state index contributed by atoms with van der Waals surface area (Å²) in [7, 11) is 1.66. The molecule has 4 nitrogen and oxygen atoms in total. The van der Waals surface area contributed by atoms with Gasteiger partial charge in [-0.2, -0.15) is 0 Å². The number of methoxy groups -OCH3 is 1. The lowest BCUT2D eigenvalue weighted by molar-refractivity contribution is -0.127. The van der Waals surface area contributed by atoms with Gasteiger partial charge in [0.1, 0.15) is 5.75 Å². The Morgan fingerprint density at radius 3 is 2.57 bits per heavy atom.